The maximum absolute atomic E-state index is 13.0. The minimum absolute atomic E-state index is 0.102. The van der Waals surface area contributed by atoms with Crippen molar-refractivity contribution < 1.29 is 22.4 Å². The average Bonchev–Trinajstić information content (AvgIpc) is 2.74. The molecule has 0 radical (unpaired) electrons. The number of anilines is 1. The number of rotatable bonds is 5. The van der Waals surface area contributed by atoms with Crippen LogP contribution < -0.4 is 5.32 Å². The maximum atomic E-state index is 13.0. The first-order valence-corrected chi connectivity index (χ1v) is 11.0. The molecular formula is C21H24FN3O4S. The minimum atomic E-state index is -3.59. The number of sulfonamides is 1. The van der Waals surface area contributed by atoms with Crippen molar-refractivity contribution in [2.45, 2.75) is 17.7 Å². The van der Waals surface area contributed by atoms with Crippen LogP contribution >= 0.6 is 0 Å². The average molecular weight is 434 g/mol. The summed E-state index contributed by atoms with van der Waals surface area (Å²) in [7, 11) is -0.699. The summed E-state index contributed by atoms with van der Waals surface area (Å²) >= 11 is 0. The lowest BCUT2D eigenvalue weighted by molar-refractivity contribution is -0.121. The second kappa shape index (κ2) is 8.93. The lowest BCUT2D eigenvalue weighted by Gasteiger charge is -2.31. The summed E-state index contributed by atoms with van der Waals surface area (Å²) in [5, 5.41) is 2.78. The summed E-state index contributed by atoms with van der Waals surface area (Å²) in [6, 6.07) is 11.5. The van der Waals surface area contributed by atoms with Gasteiger partial charge >= 0.3 is 0 Å². The molecule has 1 saturated heterocycles. The van der Waals surface area contributed by atoms with Gasteiger partial charge in [-0.15, -0.1) is 0 Å². The third-order valence-electron chi connectivity index (χ3n) is 5.12. The Morgan fingerprint density at radius 3 is 2.30 bits per heavy atom. The van der Waals surface area contributed by atoms with E-state index in [1.807, 2.05) is 0 Å². The fraction of sp³-hybridized carbons (Fsp3) is 0.333. The van der Waals surface area contributed by atoms with Crippen LogP contribution in [0.4, 0.5) is 10.1 Å². The molecule has 2 aromatic rings. The first kappa shape index (κ1) is 21.9. The lowest BCUT2D eigenvalue weighted by Crippen LogP contribution is -2.41. The topological polar surface area (TPSA) is 86.8 Å². The number of nitrogens with one attached hydrogen (secondary N) is 1. The van der Waals surface area contributed by atoms with Gasteiger partial charge in [0.1, 0.15) is 5.82 Å². The molecule has 0 bridgehead atoms. The predicted octanol–water partition coefficient (Wildman–Crippen LogP) is 2.57. The molecule has 0 spiro atoms. The molecule has 9 heteroatoms. The normalized spacial score (nSPS) is 15.3. The highest BCUT2D eigenvalue weighted by atomic mass is 32.2. The van der Waals surface area contributed by atoms with Crippen molar-refractivity contribution in [2.24, 2.45) is 5.92 Å². The van der Waals surface area contributed by atoms with Crippen LogP contribution in [0.15, 0.2) is 53.4 Å². The van der Waals surface area contributed by atoms with Crippen LogP contribution in [-0.4, -0.2) is 56.6 Å². The van der Waals surface area contributed by atoms with Crippen molar-refractivity contribution >= 4 is 27.5 Å². The van der Waals surface area contributed by atoms with E-state index in [0.29, 0.717) is 37.2 Å². The highest BCUT2D eigenvalue weighted by molar-refractivity contribution is 7.89. The van der Waals surface area contributed by atoms with Gasteiger partial charge in [0.05, 0.1) is 4.90 Å². The van der Waals surface area contributed by atoms with E-state index < -0.39 is 15.8 Å². The molecule has 0 aromatic heterocycles. The van der Waals surface area contributed by atoms with E-state index in [1.54, 1.807) is 17.0 Å². The predicted molar refractivity (Wildman–Crippen MR) is 111 cm³/mol. The zero-order chi connectivity index (χ0) is 21.9. The highest BCUT2D eigenvalue weighted by Gasteiger charge is 2.28. The first-order chi connectivity index (χ1) is 14.2. The van der Waals surface area contributed by atoms with Gasteiger partial charge in [-0.2, -0.15) is 0 Å². The van der Waals surface area contributed by atoms with Crippen molar-refractivity contribution in [1.82, 2.24) is 9.21 Å². The van der Waals surface area contributed by atoms with Crippen molar-refractivity contribution in [1.29, 1.82) is 0 Å². The quantitative estimate of drug-likeness (QED) is 0.785. The van der Waals surface area contributed by atoms with Gasteiger partial charge in [-0.1, -0.05) is 6.07 Å². The van der Waals surface area contributed by atoms with Crippen molar-refractivity contribution in [3.63, 3.8) is 0 Å². The molecule has 0 aliphatic carbocycles. The van der Waals surface area contributed by atoms with Crippen molar-refractivity contribution in [3.05, 3.63) is 59.9 Å². The summed E-state index contributed by atoms with van der Waals surface area (Å²) in [5.41, 5.74) is 0.825. The van der Waals surface area contributed by atoms with E-state index in [4.69, 9.17) is 0 Å². The molecule has 1 aliphatic heterocycles. The summed E-state index contributed by atoms with van der Waals surface area (Å²) < 4.78 is 38.7. The number of carbonyl (C=O) groups is 2. The second-order valence-corrected chi connectivity index (χ2v) is 9.53. The van der Waals surface area contributed by atoms with E-state index in [1.165, 1.54) is 50.5 Å². The molecule has 7 nitrogen and oxygen atoms in total. The minimum Gasteiger partial charge on any atom is -0.339 e. The van der Waals surface area contributed by atoms with Crippen LogP contribution in [0.1, 0.15) is 23.2 Å². The largest absolute Gasteiger partial charge is 0.339 e. The van der Waals surface area contributed by atoms with E-state index in [-0.39, 0.29) is 22.6 Å². The maximum Gasteiger partial charge on any atom is 0.253 e. The van der Waals surface area contributed by atoms with E-state index in [9.17, 15) is 22.4 Å². The standard InChI is InChI=1S/C21H24FN3O4S/c1-24(2)30(28,29)19-5-3-4-18(14-19)23-20(26)15-10-12-25(13-11-15)21(27)16-6-8-17(22)9-7-16/h3-9,14-15H,10-13H2,1-2H3,(H,23,26). The molecule has 30 heavy (non-hydrogen) atoms. The highest BCUT2D eigenvalue weighted by Crippen LogP contribution is 2.23. The summed E-state index contributed by atoms with van der Waals surface area (Å²) in [6.07, 6.45) is 0.989. The molecule has 0 saturated carbocycles. The molecule has 0 atom stereocenters. The summed E-state index contributed by atoms with van der Waals surface area (Å²) in [5.74, 6) is -1.07. The lowest BCUT2D eigenvalue weighted by atomic mass is 9.95. The number of likely N-dealkylation sites (tertiary alicyclic amines) is 1. The molecule has 3 rings (SSSR count). The second-order valence-electron chi connectivity index (χ2n) is 7.38. The van der Waals surface area contributed by atoms with Crippen LogP contribution in [0.2, 0.25) is 0 Å². The molecule has 0 unspecified atom stereocenters. The van der Waals surface area contributed by atoms with Gasteiger partial charge in [0.15, 0.2) is 0 Å². The Balaban J connectivity index is 1.59. The van der Waals surface area contributed by atoms with Gasteiger partial charge in [-0.3, -0.25) is 9.59 Å². The van der Waals surface area contributed by atoms with Crippen LogP contribution in [-0.2, 0) is 14.8 Å². The molecule has 1 heterocycles. The van der Waals surface area contributed by atoms with E-state index >= 15 is 0 Å². The fourth-order valence-electron chi connectivity index (χ4n) is 3.31. The van der Waals surface area contributed by atoms with Gasteiger partial charge in [-0.25, -0.2) is 17.1 Å². The molecule has 1 aliphatic rings. The Morgan fingerprint density at radius 1 is 1.07 bits per heavy atom. The monoisotopic (exact) mass is 433 g/mol. The number of carbonyl (C=O) groups excluding carboxylic acids is 2. The van der Waals surface area contributed by atoms with Crippen molar-refractivity contribution in [2.75, 3.05) is 32.5 Å². The Labute approximate surface area is 175 Å². The van der Waals surface area contributed by atoms with Crippen LogP contribution in [0.3, 0.4) is 0 Å². The number of halogens is 1. The molecule has 1 N–H and O–H groups in total. The van der Waals surface area contributed by atoms with E-state index in [2.05, 4.69) is 5.32 Å². The number of amides is 2. The smallest absolute Gasteiger partial charge is 0.253 e. The number of benzene rings is 2. The summed E-state index contributed by atoms with van der Waals surface area (Å²) in [6.45, 7) is 0.840. The zero-order valence-corrected chi connectivity index (χ0v) is 17.7. The third-order valence-corrected chi connectivity index (χ3v) is 6.94. The SMILES string of the molecule is CN(C)S(=O)(=O)c1cccc(NC(=O)C2CCN(C(=O)c3ccc(F)cc3)CC2)c1. The van der Waals surface area contributed by atoms with Gasteiger partial charge in [0, 0.05) is 44.4 Å². The number of hydrogen-bond donors (Lipinski definition) is 1. The van der Waals surface area contributed by atoms with Crippen molar-refractivity contribution in [3.8, 4) is 0 Å². The molecule has 2 aromatic carbocycles. The first-order valence-electron chi connectivity index (χ1n) is 9.57. The van der Waals surface area contributed by atoms with Gasteiger partial charge in [0.25, 0.3) is 5.91 Å². The Kier molecular flexibility index (Phi) is 6.52. The summed E-state index contributed by atoms with van der Waals surface area (Å²) in [4.78, 5) is 26.9. The van der Waals surface area contributed by atoms with Gasteiger partial charge < -0.3 is 10.2 Å². The Morgan fingerprint density at radius 2 is 1.70 bits per heavy atom. The number of nitrogens with zero attached hydrogens (tertiary/aromatic N) is 2. The zero-order valence-electron chi connectivity index (χ0n) is 16.8. The van der Waals surface area contributed by atoms with Crippen LogP contribution in [0.25, 0.3) is 0 Å². The van der Waals surface area contributed by atoms with Gasteiger partial charge in [-0.05, 0) is 55.3 Å². The fourth-order valence-corrected chi connectivity index (χ4v) is 4.26. The molecular weight excluding hydrogens is 409 g/mol. The third kappa shape index (κ3) is 4.85. The van der Waals surface area contributed by atoms with Crippen LogP contribution in [0.5, 0.6) is 0 Å². The number of hydrogen-bond acceptors (Lipinski definition) is 4. The molecule has 1 fully saturated rings. The number of piperidine rings is 1. The Hall–Kier alpha value is -2.78. The van der Waals surface area contributed by atoms with Crippen LogP contribution in [0, 0.1) is 11.7 Å². The van der Waals surface area contributed by atoms with Gasteiger partial charge in [0.2, 0.25) is 15.9 Å². The van der Waals surface area contributed by atoms with E-state index in [0.717, 1.165) is 4.31 Å². The Bertz CT molecular complexity index is 1030. The molecule has 160 valence electrons. The molecule has 2 amide bonds.